The Hall–Kier alpha value is -3.15. The van der Waals surface area contributed by atoms with Crippen LogP contribution in [0, 0.1) is 0 Å². The highest BCUT2D eigenvalue weighted by Gasteiger charge is 2.04. The first-order valence-corrected chi connectivity index (χ1v) is 9.59. The normalized spacial score (nSPS) is 10.8. The van der Waals surface area contributed by atoms with Crippen LogP contribution in [0.3, 0.4) is 0 Å². The molecule has 28 heavy (non-hydrogen) atoms. The van der Waals surface area contributed by atoms with Crippen LogP contribution >= 0.6 is 0 Å². The van der Waals surface area contributed by atoms with Gasteiger partial charge < -0.3 is 14.5 Å². The van der Waals surface area contributed by atoms with E-state index in [1.54, 1.807) is 24.7 Å². The molecule has 0 aliphatic carbocycles. The molecule has 0 aliphatic heterocycles. The van der Waals surface area contributed by atoms with E-state index in [2.05, 4.69) is 10.3 Å². The third-order valence-corrected chi connectivity index (χ3v) is 4.52. The topological polar surface area (TPSA) is 72.7 Å². The zero-order valence-corrected chi connectivity index (χ0v) is 16.1. The lowest BCUT2D eigenvalue weighted by molar-refractivity contribution is -0.121. The summed E-state index contributed by atoms with van der Waals surface area (Å²) in [6.07, 6.45) is 8.04. The summed E-state index contributed by atoms with van der Waals surface area (Å²) in [5.41, 5.74) is 2.77. The van der Waals surface area contributed by atoms with Crippen LogP contribution in [0.1, 0.15) is 48.5 Å². The fraction of sp³-hybridized carbons (Fsp3) is 0.318. The van der Waals surface area contributed by atoms with E-state index in [9.17, 15) is 9.59 Å². The molecule has 0 atom stereocenters. The molecule has 6 heteroatoms. The standard InChI is InChI=1S/C22H25N3O3/c1-2-21(26)18-7-10-20(11-8-18)28-12-4-3-5-22(27)24-13-17-6-9-19-14-23-16-25(19)15-17/h6-11,14-16H,2-5,12-13H2,1H3,(H,24,27). The number of rotatable bonds is 10. The zero-order valence-electron chi connectivity index (χ0n) is 16.1. The molecule has 3 rings (SSSR count). The molecule has 1 aromatic carbocycles. The van der Waals surface area contributed by atoms with Gasteiger partial charge in [0.15, 0.2) is 5.78 Å². The van der Waals surface area contributed by atoms with Gasteiger partial charge in [0.25, 0.3) is 0 Å². The lowest BCUT2D eigenvalue weighted by atomic mass is 10.1. The number of hydrogen-bond acceptors (Lipinski definition) is 4. The number of carbonyl (C=O) groups is 2. The molecule has 0 spiro atoms. The van der Waals surface area contributed by atoms with Crippen LogP contribution in [-0.4, -0.2) is 27.7 Å². The molecule has 0 bridgehead atoms. The van der Waals surface area contributed by atoms with Gasteiger partial charge in [0.1, 0.15) is 5.75 Å². The Bertz CT molecular complexity index is 932. The van der Waals surface area contributed by atoms with Crippen molar-refractivity contribution in [3.63, 3.8) is 0 Å². The number of ether oxygens (including phenoxy) is 1. The summed E-state index contributed by atoms with van der Waals surface area (Å²) in [7, 11) is 0. The van der Waals surface area contributed by atoms with Crippen molar-refractivity contribution < 1.29 is 14.3 Å². The zero-order chi connectivity index (χ0) is 19.8. The molecule has 146 valence electrons. The van der Waals surface area contributed by atoms with Gasteiger partial charge in [-0.05, 0) is 48.7 Å². The van der Waals surface area contributed by atoms with E-state index in [-0.39, 0.29) is 11.7 Å². The summed E-state index contributed by atoms with van der Waals surface area (Å²) < 4.78 is 7.60. The van der Waals surface area contributed by atoms with Crippen molar-refractivity contribution in [2.45, 2.75) is 39.2 Å². The molecule has 6 nitrogen and oxygen atoms in total. The number of hydrogen-bond donors (Lipinski definition) is 1. The van der Waals surface area contributed by atoms with Crippen molar-refractivity contribution in [1.82, 2.24) is 14.7 Å². The van der Waals surface area contributed by atoms with Gasteiger partial charge in [-0.25, -0.2) is 4.98 Å². The van der Waals surface area contributed by atoms with E-state index >= 15 is 0 Å². The highest BCUT2D eigenvalue weighted by molar-refractivity contribution is 5.95. The van der Waals surface area contributed by atoms with E-state index in [0.29, 0.717) is 31.6 Å². The van der Waals surface area contributed by atoms with Gasteiger partial charge in [0, 0.05) is 31.1 Å². The van der Waals surface area contributed by atoms with Crippen LogP contribution in [0.5, 0.6) is 5.75 Å². The molecule has 3 aromatic rings. The van der Waals surface area contributed by atoms with Crippen LogP contribution in [0.2, 0.25) is 0 Å². The fourth-order valence-corrected chi connectivity index (χ4v) is 2.88. The Morgan fingerprint density at radius 2 is 1.93 bits per heavy atom. The van der Waals surface area contributed by atoms with E-state index in [1.165, 1.54) is 0 Å². The van der Waals surface area contributed by atoms with Crippen molar-refractivity contribution >= 4 is 17.2 Å². The maximum Gasteiger partial charge on any atom is 0.220 e. The number of fused-ring (bicyclic) bond motifs is 1. The van der Waals surface area contributed by atoms with Gasteiger partial charge in [-0.3, -0.25) is 9.59 Å². The van der Waals surface area contributed by atoms with Gasteiger partial charge in [0.2, 0.25) is 5.91 Å². The molecule has 0 saturated carbocycles. The Kier molecular flexibility index (Phi) is 6.78. The maximum atomic E-state index is 12.0. The molecule has 0 unspecified atom stereocenters. The highest BCUT2D eigenvalue weighted by Crippen LogP contribution is 2.14. The number of Topliss-reactive ketones (excluding diaryl/α,β-unsaturated/α-hetero) is 1. The summed E-state index contributed by atoms with van der Waals surface area (Å²) in [5, 5.41) is 2.94. The summed E-state index contributed by atoms with van der Waals surface area (Å²) in [6.45, 7) is 2.90. The molecule has 0 aliphatic rings. The largest absolute Gasteiger partial charge is 0.494 e. The quantitative estimate of drug-likeness (QED) is 0.430. The molecule has 1 N–H and O–H groups in total. The monoisotopic (exact) mass is 379 g/mol. The molecular weight excluding hydrogens is 354 g/mol. The Morgan fingerprint density at radius 1 is 1.11 bits per heavy atom. The van der Waals surface area contributed by atoms with E-state index in [4.69, 9.17) is 4.74 Å². The van der Waals surface area contributed by atoms with Crippen molar-refractivity contribution in [2.24, 2.45) is 0 Å². The van der Waals surface area contributed by atoms with Crippen molar-refractivity contribution in [1.29, 1.82) is 0 Å². The SMILES string of the molecule is CCC(=O)c1ccc(OCCCCC(=O)NCc2ccc3cncn3c2)cc1. The number of carbonyl (C=O) groups excluding carboxylic acids is 2. The lowest BCUT2D eigenvalue weighted by Gasteiger charge is -2.08. The van der Waals surface area contributed by atoms with Crippen LogP contribution < -0.4 is 10.1 Å². The third kappa shape index (κ3) is 5.42. The molecule has 2 aromatic heterocycles. The van der Waals surface area contributed by atoms with Crippen LogP contribution in [-0.2, 0) is 11.3 Å². The molecule has 0 fully saturated rings. The van der Waals surface area contributed by atoms with Gasteiger partial charge in [0.05, 0.1) is 24.6 Å². The first-order chi connectivity index (χ1) is 13.7. The van der Waals surface area contributed by atoms with E-state index < -0.39 is 0 Å². The first-order valence-electron chi connectivity index (χ1n) is 9.59. The number of aromatic nitrogens is 2. The van der Waals surface area contributed by atoms with Gasteiger partial charge >= 0.3 is 0 Å². The number of imidazole rings is 1. The number of ketones is 1. The molecule has 0 saturated heterocycles. The average Bonchev–Trinajstić information content (AvgIpc) is 3.19. The number of unbranched alkanes of at least 4 members (excludes halogenated alkanes) is 1. The second-order valence-electron chi connectivity index (χ2n) is 6.65. The summed E-state index contributed by atoms with van der Waals surface area (Å²) in [5.74, 6) is 0.905. The summed E-state index contributed by atoms with van der Waals surface area (Å²) in [4.78, 5) is 27.7. The smallest absolute Gasteiger partial charge is 0.220 e. The predicted octanol–water partition coefficient (Wildman–Crippen LogP) is 3.79. The summed E-state index contributed by atoms with van der Waals surface area (Å²) in [6, 6.07) is 11.2. The van der Waals surface area contributed by atoms with E-state index in [1.807, 2.05) is 41.8 Å². The molecule has 1 amide bonds. The number of nitrogens with one attached hydrogen (secondary N) is 1. The summed E-state index contributed by atoms with van der Waals surface area (Å²) >= 11 is 0. The van der Waals surface area contributed by atoms with Crippen molar-refractivity contribution in [3.8, 4) is 5.75 Å². The Labute approximate surface area is 164 Å². The maximum absolute atomic E-state index is 12.0. The number of amides is 1. The minimum atomic E-state index is 0.0353. The Balaban J connectivity index is 1.31. The van der Waals surface area contributed by atoms with Gasteiger partial charge in [-0.15, -0.1) is 0 Å². The number of nitrogens with zero attached hydrogens (tertiary/aromatic N) is 2. The Morgan fingerprint density at radius 3 is 2.71 bits per heavy atom. The first kappa shape index (κ1) is 19.6. The predicted molar refractivity (Wildman–Crippen MR) is 107 cm³/mol. The number of benzene rings is 1. The van der Waals surface area contributed by atoms with Crippen molar-refractivity contribution in [3.05, 3.63) is 66.2 Å². The molecule has 2 heterocycles. The van der Waals surface area contributed by atoms with Crippen LogP contribution in [0.4, 0.5) is 0 Å². The fourth-order valence-electron chi connectivity index (χ4n) is 2.88. The molecular formula is C22H25N3O3. The average molecular weight is 379 g/mol. The van der Waals surface area contributed by atoms with Crippen LogP contribution in [0.25, 0.3) is 5.52 Å². The lowest BCUT2D eigenvalue weighted by Crippen LogP contribution is -2.22. The second-order valence-corrected chi connectivity index (χ2v) is 6.65. The van der Waals surface area contributed by atoms with Crippen molar-refractivity contribution in [2.75, 3.05) is 6.61 Å². The minimum absolute atomic E-state index is 0.0353. The van der Waals surface area contributed by atoms with E-state index in [0.717, 1.165) is 29.7 Å². The van der Waals surface area contributed by atoms with Crippen LogP contribution in [0.15, 0.2) is 55.1 Å². The minimum Gasteiger partial charge on any atom is -0.494 e. The third-order valence-electron chi connectivity index (χ3n) is 4.52. The highest BCUT2D eigenvalue weighted by atomic mass is 16.5. The van der Waals surface area contributed by atoms with Gasteiger partial charge in [-0.1, -0.05) is 13.0 Å². The van der Waals surface area contributed by atoms with Gasteiger partial charge in [-0.2, -0.15) is 0 Å². The number of pyridine rings is 1. The second kappa shape index (κ2) is 9.69. The molecule has 0 radical (unpaired) electrons.